The third kappa shape index (κ3) is 15.5. The van der Waals surface area contributed by atoms with E-state index in [1.807, 2.05) is 95.2 Å². The molecule has 2 N–H and O–H groups in total. The highest BCUT2D eigenvalue weighted by atomic mass is 35.5. The first-order valence-corrected chi connectivity index (χ1v) is 19.8. The minimum Gasteiger partial charge on any atom is -0.444 e. The van der Waals surface area contributed by atoms with E-state index in [2.05, 4.69) is 10.3 Å². The van der Waals surface area contributed by atoms with Crippen molar-refractivity contribution in [2.75, 3.05) is 39.3 Å². The molecule has 0 bridgehead atoms. The average Bonchev–Trinajstić information content (AvgIpc) is 3.12. The molecule has 4 amide bonds. The lowest BCUT2D eigenvalue weighted by atomic mass is 10.0. The summed E-state index contributed by atoms with van der Waals surface area (Å²) >= 11 is 5.85. The van der Waals surface area contributed by atoms with Gasteiger partial charge in [-0.1, -0.05) is 70.4 Å². The molecule has 0 spiro atoms. The molecule has 2 aromatic rings. The van der Waals surface area contributed by atoms with E-state index in [1.54, 1.807) is 56.0 Å². The van der Waals surface area contributed by atoms with Gasteiger partial charge in [-0.3, -0.25) is 9.80 Å². The van der Waals surface area contributed by atoms with Crippen molar-refractivity contribution in [1.82, 2.24) is 19.6 Å². The van der Waals surface area contributed by atoms with Gasteiger partial charge in [0.05, 0.1) is 18.3 Å². The number of piperazine rings is 2. The van der Waals surface area contributed by atoms with Crippen LogP contribution in [0.4, 0.5) is 19.2 Å². The van der Waals surface area contributed by atoms with Crippen molar-refractivity contribution in [3.8, 4) is 0 Å². The SMILES string of the molecule is CC(C)(C)OC(=O)N1CCN(C(=O)OC(C)(C)C)C(c2ccc(/C(Cl)=N/O)cc2)C1.CC(C)(C)OC(=O)N1CCN(C(=O)OC(C)(C)C)C(c2ccc(/C=N/O)cc2)C1. The Labute approximate surface area is 352 Å². The molecule has 2 aliphatic heterocycles. The van der Waals surface area contributed by atoms with E-state index in [9.17, 15) is 19.2 Å². The van der Waals surface area contributed by atoms with Crippen LogP contribution in [0.1, 0.15) is 117 Å². The number of halogens is 1. The molecular weight excluding hydrogens is 784 g/mol. The summed E-state index contributed by atoms with van der Waals surface area (Å²) in [4.78, 5) is 57.2. The van der Waals surface area contributed by atoms with Gasteiger partial charge in [-0.25, -0.2) is 19.2 Å². The minimum atomic E-state index is -0.640. The number of oxime groups is 2. The van der Waals surface area contributed by atoms with Crippen LogP contribution >= 0.6 is 11.6 Å². The third-order valence-electron chi connectivity index (χ3n) is 8.47. The molecule has 0 saturated carbocycles. The molecular formula is C42H61ClN6O10. The number of benzene rings is 2. The summed E-state index contributed by atoms with van der Waals surface area (Å²) in [6, 6.07) is 13.4. The van der Waals surface area contributed by atoms with Gasteiger partial charge < -0.3 is 39.2 Å². The van der Waals surface area contributed by atoms with Crippen molar-refractivity contribution in [3.63, 3.8) is 0 Å². The Kier molecular flexibility index (Phi) is 16.0. The van der Waals surface area contributed by atoms with Crippen molar-refractivity contribution in [2.45, 2.75) is 118 Å². The van der Waals surface area contributed by atoms with E-state index in [0.717, 1.165) is 16.7 Å². The molecule has 2 heterocycles. The Hall–Kier alpha value is -5.25. The van der Waals surface area contributed by atoms with E-state index in [-0.39, 0.29) is 17.8 Å². The van der Waals surface area contributed by atoms with Gasteiger partial charge in [0.2, 0.25) is 0 Å². The van der Waals surface area contributed by atoms with Crippen molar-refractivity contribution in [1.29, 1.82) is 0 Å². The van der Waals surface area contributed by atoms with Gasteiger partial charge in [0, 0.05) is 44.8 Å². The van der Waals surface area contributed by atoms with E-state index in [0.29, 0.717) is 38.3 Å². The molecule has 2 unspecified atom stereocenters. The van der Waals surface area contributed by atoms with Crippen molar-refractivity contribution in [2.24, 2.45) is 10.3 Å². The zero-order valence-electron chi connectivity index (χ0n) is 36.3. The van der Waals surface area contributed by atoms with Crippen LogP contribution in [0.15, 0.2) is 58.8 Å². The number of amides is 4. The topological polar surface area (TPSA) is 183 Å². The Balaban J connectivity index is 0.000000316. The van der Waals surface area contributed by atoms with Crippen LogP contribution < -0.4 is 0 Å². The van der Waals surface area contributed by atoms with Crippen LogP contribution in [0.3, 0.4) is 0 Å². The Morgan fingerprint density at radius 2 is 0.915 bits per heavy atom. The number of ether oxygens (including phenoxy) is 4. The highest BCUT2D eigenvalue weighted by molar-refractivity contribution is 6.69. The summed E-state index contributed by atoms with van der Waals surface area (Å²) in [5, 5.41) is 23.5. The predicted molar refractivity (Wildman–Crippen MR) is 223 cm³/mol. The Morgan fingerprint density at radius 1 is 0.576 bits per heavy atom. The van der Waals surface area contributed by atoms with Gasteiger partial charge >= 0.3 is 24.4 Å². The molecule has 2 aliphatic rings. The van der Waals surface area contributed by atoms with E-state index in [1.165, 1.54) is 6.21 Å². The van der Waals surface area contributed by atoms with Crippen LogP contribution in [0.5, 0.6) is 0 Å². The molecule has 326 valence electrons. The first kappa shape index (κ1) is 48.1. The second-order valence-corrected chi connectivity index (χ2v) is 18.5. The molecule has 4 rings (SSSR count). The second-order valence-electron chi connectivity index (χ2n) is 18.2. The van der Waals surface area contributed by atoms with Gasteiger partial charge in [-0.15, -0.1) is 0 Å². The van der Waals surface area contributed by atoms with E-state index >= 15 is 0 Å². The maximum atomic E-state index is 12.8. The van der Waals surface area contributed by atoms with Crippen molar-refractivity contribution in [3.05, 3.63) is 70.8 Å². The predicted octanol–water partition coefficient (Wildman–Crippen LogP) is 8.61. The highest BCUT2D eigenvalue weighted by Gasteiger charge is 2.39. The molecule has 59 heavy (non-hydrogen) atoms. The summed E-state index contributed by atoms with van der Waals surface area (Å²) < 4.78 is 22.1. The summed E-state index contributed by atoms with van der Waals surface area (Å²) in [5.74, 6) is 0. The Morgan fingerprint density at radius 3 is 1.24 bits per heavy atom. The van der Waals surface area contributed by atoms with Crippen LogP contribution in [-0.4, -0.2) is 127 Å². The van der Waals surface area contributed by atoms with Gasteiger partial charge in [0.25, 0.3) is 0 Å². The first-order valence-electron chi connectivity index (χ1n) is 19.4. The van der Waals surface area contributed by atoms with E-state index in [4.69, 9.17) is 41.0 Å². The molecule has 2 aromatic carbocycles. The molecule has 2 fully saturated rings. The molecule has 0 aliphatic carbocycles. The van der Waals surface area contributed by atoms with Crippen molar-refractivity contribution >= 4 is 47.4 Å². The number of rotatable bonds is 4. The van der Waals surface area contributed by atoms with Crippen LogP contribution in [0.25, 0.3) is 0 Å². The van der Waals surface area contributed by atoms with Crippen molar-refractivity contribution < 1.29 is 48.5 Å². The lowest BCUT2D eigenvalue weighted by molar-refractivity contribution is -0.0152. The maximum Gasteiger partial charge on any atom is 0.410 e. The monoisotopic (exact) mass is 844 g/mol. The van der Waals surface area contributed by atoms with Gasteiger partial charge in [0.1, 0.15) is 22.4 Å². The number of hydrogen-bond acceptors (Lipinski definition) is 12. The number of hydrogen-bond donors (Lipinski definition) is 2. The molecule has 2 atom stereocenters. The largest absolute Gasteiger partial charge is 0.444 e. The molecule has 0 aromatic heterocycles. The lowest BCUT2D eigenvalue weighted by Gasteiger charge is -2.42. The summed E-state index contributed by atoms with van der Waals surface area (Å²) in [6.45, 7) is 23.7. The van der Waals surface area contributed by atoms with Gasteiger partial charge in [-0.2, -0.15) is 0 Å². The highest BCUT2D eigenvalue weighted by Crippen LogP contribution is 2.31. The molecule has 0 radical (unpaired) electrons. The van der Waals surface area contributed by atoms with Crippen LogP contribution in [-0.2, 0) is 18.9 Å². The fraction of sp³-hybridized carbons (Fsp3) is 0.571. The molecule has 16 nitrogen and oxygen atoms in total. The standard InChI is InChI=1S/C21H30ClN3O5.C21H31N3O5/c1-20(2,3)29-18(26)24-11-12-25(19(27)30-21(4,5)6)16(13-24)14-7-9-15(10-8-14)17(22)23-28;1-20(2,3)28-18(25)23-11-12-24(19(26)29-21(4,5)6)17(14-23)16-9-7-15(8-10-16)13-22-27/h7-10,16,28H,11-13H2,1-6H3;7-10,13,17,27H,11-12,14H2,1-6H3/b23-17-;22-13+. The number of carbonyl (C=O) groups is 4. The fourth-order valence-corrected chi connectivity index (χ4v) is 6.10. The zero-order valence-corrected chi connectivity index (χ0v) is 37.1. The third-order valence-corrected chi connectivity index (χ3v) is 8.76. The quantitative estimate of drug-likeness (QED) is 0.131. The second kappa shape index (κ2) is 19.7. The summed E-state index contributed by atoms with van der Waals surface area (Å²) in [7, 11) is 0. The normalized spacial score (nSPS) is 18.2. The van der Waals surface area contributed by atoms with Gasteiger partial charge in [-0.05, 0) is 99.8 Å². The summed E-state index contributed by atoms with van der Waals surface area (Å²) in [6.07, 6.45) is -0.384. The van der Waals surface area contributed by atoms with E-state index < -0.39 is 52.8 Å². The van der Waals surface area contributed by atoms with Crippen LogP contribution in [0, 0.1) is 0 Å². The first-order chi connectivity index (χ1) is 27.2. The number of carbonyl (C=O) groups excluding carboxylic acids is 4. The Bertz CT molecular complexity index is 1810. The van der Waals surface area contributed by atoms with Gasteiger partial charge in [0.15, 0.2) is 5.17 Å². The summed E-state index contributed by atoms with van der Waals surface area (Å²) in [5.41, 5.74) is 0.423. The molecule has 2 saturated heterocycles. The minimum absolute atomic E-state index is 0.0374. The zero-order chi connectivity index (χ0) is 44.5. The molecule has 17 heteroatoms. The smallest absolute Gasteiger partial charge is 0.410 e. The maximum absolute atomic E-state index is 12.8. The number of nitrogens with zero attached hydrogens (tertiary/aromatic N) is 6. The lowest BCUT2D eigenvalue weighted by Crippen LogP contribution is -2.54. The van der Waals surface area contributed by atoms with Crippen LogP contribution in [0.2, 0.25) is 0 Å². The average molecular weight is 845 g/mol. The fourth-order valence-electron chi connectivity index (χ4n) is 5.97.